The number of nitrogens with zero attached hydrogens (tertiary/aromatic N) is 3. The second kappa shape index (κ2) is 6.68. The minimum Gasteiger partial charge on any atom is -0.355 e. The zero-order chi connectivity index (χ0) is 14.5. The van der Waals surface area contributed by atoms with E-state index in [0.29, 0.717) is 5.92 Å². The van der Waals surface area contributed by atoms with Crippen molar-refractivity contribution in [2.24, 2.45) is 11.8 Å². The Bertz CT molecular complexity index is 427. The highest BCUT2D eigenvalue weighted by atomic mass is 16.1. The minimum absolute atomic E-state index is 0.129. The van der Waals surface area contributed by atoms with Gasteiger partial charge in [-0.2, -0.15) is 0 Å². The van der Waals surface area contributed by atoms with E-state index in [-0.39, 0.29) is 17.9 Å². The van der Waals surface area contributed by atoms with Gasteiger partial charge in [-0.3, -0.25) is 9.78 Å². The monoisotopic (exact) mass is 276 g/mol. The lowest BCUT2D eigenvalue weighted by atomic mass is 9.95. The van der Waals surface area contributed by atoms with Gasteiger partial charge in [0.15, 0.2) is 0 Å². The van der Waals surface area contributed by atoms with E-state index >= 15 is 0 Å². The van der Waals surface area contributed by atoms with Gasteiger partial charge in [-0.15, -0.1) is 0 Å². The number of aromatic nitrogens is 2. The molecule has 1 atom stereocenters. The summed E-state index contributed by atoms with van der Waals surface area (Å²) in [5.74, 6) is 1.70. The van der Waals surface area contributed by atoms with Crippen LogP contribution in [-0.2, 0) is 4.79 Å². The van der Waals surface area contributed by atoms with Crippen LogP contribution < -0.4 is 10.2 Å². The normalized spacial score (nSPS) is 18.1. The molecule has 5 heteroatoms. The molecule has 0 saturated carbocycles. The molecule has 1 N–H and O–H groups in total. The van der Waals surface area contributed by atoms with Crippen molar-refractivity contribution in [2.75, 3.05) is 18.0 Å². The number of hydrogen-bond acceptors (Lipinski definition) is 4. The van der Waals surface area contributed by atoms with E-state index in [4.69, 9.17) is 0 Å². The molecule has 2 rings (SSSR count). The molecule has 1 aliphatic rings. The second-order valence-electron chi connectivity index (χ2n) is 5.87. The Balaban J connectivity index is 1.84. The SMILES string of the molecule is CC(C)C(C)NC(=O)C1CCN(c2cnccn2)CC1. The van der Waals surface area contributed by atoms with E-state index in [1.165, 1.54) is 0 Å². The fraction of sp³-hybridized carbons (Fsp3) is 0.667. The predicted octanol–water partition coefficient (Wildman–Crippen LogP) is 1.85. The first-order valence-corrected chi connectivity index (χ1v) is 7.39. The van der Waals surface area contributed by atoms with E-state index in [2.05, 4.69) is 41.0 Å². The summed E-state index contributed by atoms with van der Waals surface area (Å²) in [6.07, 6.45) is 6.93. The van der Waals surface area contributed by atoms with Crippen LogP contribution in [0.1, 0.15) is 33.6 Å². The Labute approximate surface area is 120 Å². The minimum atomic E-state index is 0.129. The highest BCUT2D eigenvalue weighted by molar-refractivity contribution is 5.79. The van der Waals surface area contributed by atoms with Gasteiger partial charge in [-0.25, -0.2) is 4.98 Å². The standard InChI is InChI=1S/C15H24N4O/c1-11(2)12(3)18-15(20)13-4-8-19(9-5-13)14-10-16-6-7-17-14/h6-7,10-13H,4-5,8-9H2,1-3H3,(H,18,20). The molecule has 0 radical (unpaired) electrons. The molecule has 20 heavy (non-hydrogen) atoms. The van der Waals surface area contributed by atoms with Gasteiger partial charge in [0.05, 0.1) is 6.20 Å². The number of piperidine rings is 1. The van der Waals surface area contributed by atoms with Crippen LogP contribution >= 0.6 is 0 Å². The summed E-state index contributed by atoms with van der Waals surface area (Å²) in [6.45, 7) is 8.06. The zero-order valence-electron chi connectivity index (χ0n) is 12.5. The van der Waals surface area contributed by atoms with Crippen molar-refractivity contribution in [1.29, 1.82) is 0 Å². The van der Waals surface area contributed by atoms with E-state index in [9.17, 15) is 4.79 Å². The third kappa shape index (κ3) is 3.68. The summed E-state index contributed by atoms with van der Waals surface area (Å²) in [6, 6.07) is 0.237. The third-order valence-electron chi connectivity index (χ3n) is 4.11. The lowest BCUT2D eigenvalue weighted by molar-refractivity contribution is -0.126. The van der Waals surface area contributed by atoms with Crippen molar-refractivity contribution in [1.82, 2.24) is 15.3 Å². The van der Waals surface area contributed by atoms with Gasteiger partial charge in [0.2, 0.25) is 5.91 Å². The fourth-order valence-electron chi connectivity index (χ4n) is 2.33. The smallest absolute Gasteiger partial charge is 0.223 e. The number of anilines is 1. The molecule has 1 aromatic heterocycles. The van der Waals surface area contributed by atoms with Crippen LogP contribution in [0.4, 0.5) is 5.82 Å². The highest BCUT2D eigenvalue weighted by Crippen LogP contribution is 2.21. The van der Waals surface area contributed by atoms with Gasteiger partial charge in [0.25, 0.3) is 0 Å². The summed E-state index contributed by atoms with van der Waals surface area (Å²) in [4.78, 5) is 22.8. The van der Waals surface area contributed by atoms with Crippen molar-refractivity contribution >= 4 is 11.7 Å². The Morgan fingerprint density at radius 2 is 2.00 bits per heavy atom. The van der Waals surface area contributed by atoms with Crippen LogP contribution in [0.5, 0.6) is 0 Å². The average molecular weight is 276 g/mol. The van der Waals surface area contributed by atoms with E-state index < -0.39 is 0 Å². The van der Waals surface area contributed by atoms with Crippen LogP contribution in [-0.4, -0.2) is 35.0 Å². The van der Waals surface area contributed by atoms with Gasteiger partial charge >= 0.3 is 0 Å². The Morgan fingerprint density at radius 1 is 1.30 bits per heavy atom. The number of carbonyl (C=O) groups is 1. The third-order valence-corrected chi connectivity index (χ3v) is 4.11. The first-order valence-electron chi connectivity index (χ1n) is 7.39. The first-order chi connectivity index (χ1) is 9.58. The topological polar surface area (TPSA) is 58.1 Å². The van der Waals surface area contributed by atoms with Crippen molar-refractivity contribution in [3.8, 4) is 0 Å². The molecule has 0 aliphatic carbocycles. The predicted molar refractivity (Wildman–Crippen MR) is 79.4 cm³/mol. The number of hydrogen-bond donors (Lipinski definition) is 1. The summed E-state index contributed by atoms with van der Waals surface area (Å²) in [5.41, 5.74) is 0. The molecular weight excluding hydrogens is 252 g/mol. The van der Waals surface area contributed by atoms with Gasteiger partial charge < -0.3 is 10.2 Å². The molecule has 1 saturated heterocycles. The van der Waals surface area contributed by atoms with E-state index in [1.807, 2.05) is 0 Å². The number of carbonyl (C=O) groups excluding carboxylic acids is 1. The van der Waals surface area contributed by atoms with Gasteiger partial charge in [0, 0.05) is 37.4 Å². The summed E-state index contributed by atoms with van der Waals surface area (Å²) in [7, 11) is 0. The van der Waals surface area contributed by atoms with Crippen molar-refractivity contribution < 1.29 is 4.79 Å². The molecule has 1 amide bonds. The summed E-state index contributed by atoms with van der Waals surface area (Å²) >= 11 is 0. The van der Waals surface area contributed by atoms with Crippen LogP contribution in [0.15, 0.2) is 18.6 Å². The molecule has 0 bridgehead atoms. The maximum atomic E-state index is 12.2. The summed E-state index contributed by atoms with van der Waals surface area (Å²) in [5, 5.41) is 3.12. The Morgan fingerprint density at radius 3 is 2.55 bits per heavy atom. The largest absolute Gasteiger partial charge is 0.355 e. The molecule has 0 aromatic carbocycles. The molecule has 110 valence electrons. The molecule has 0 spiro atoms. The summed E-state index contributed by atoms with van der Waals surface area (Å²) < 4.78 is 0. The van der Waals surface area contributed by atoms with Crippen molar-refractivity contribution in [2.45, 2.75) is 39.7 Å². The van der Waals surface area contributed by atoms with Crippen LogP contribution in [0.3, 0.4) is 0 Å². The maximum absolute atomic E-state index is 12.2. The van der Waals surface area contributed by atoms with Gasteiger partial charge in [-0.1, -0.05) is 13.8 Å². The average Bonchev–Trinajstić information content (AvgIpc) is 2.48. The number of nitrogens with one attached hydrogen (secondary N) is 1. The highest BCUT2D eigenvalue weighted by Gasteiger charge is 2.26. The molecule has 1 fully saturated rings. The van der Waals surface area contributed by atoms with Crippen LogP contribution in [0.25, 0.3) is 0 Å². The maximum Gasteiger partial charge on any atom is 0.223 e. The Hall–Kier alpha value is -1.65. The molecule has 1 aliphatic heterocycles. The second-order valence-corrected chi connectivity index (χ2v) is 5.87. The van der Waals surface area contributed by atoms with Crippen molar-refractivity contribution in [3.63, 3.8) is 0 Å². The molecule has 5 nitrogen and oxygen atoms in total. The zero-order valence-corrected chi connectivity index (χ0v) is 12.5. The molecular formula is C15H24N4O. The molecule has 1 aromatic rings. The quantitative estimate of drug-likeness (QED) is 0.912. The van der Waals surface area contributed by atoms with E-state index in [0.717, 1.165) is 31.7 Å². The number of rotatable bonds is 4. The van der Waals surface area contributed by atoms with Gasteiger partial charge in [0.1, 0.15) is 5.82 Å². The lowest BCUT2D eigenvalue weighted by Crippen LogP contribution is -2.44. The molecule has 1 unspecified atom stereocenters. The lowest BCUT2D eigenvalue weighted by Gasteiger charge is -2.32. The van der Waals surface area contributed by atoms with Crippen molar-refractivity contribution in [3.05, 3.63) is 18.6 Å². The fourth-order valence-corrected chi connectivity index (χ4v) is 2.33. The van der Waals surface area contributed by atoms with Gasteiger partial charge in [-0.05, 0) is 25.7 Å². The van der Waals surface area contributed by atoms with Crippen LogP contribution in [0.2, 0.25) is 0 Å². The number of amides is 1. The molecule has 2 heterocycles. The Kier molecular flexibility index (Phi) is 4.93. The van der Waals surface area contributed by atoms with E-state index in [1.54, 1.807) is 18.6 Å². The van der Waals surface area contributed by atoms with Crippen LogP contribution in [0, 0.1) is 11.8 Å². The first kappa shape index (κ1) is 14.8.